The average molecular weight is 483 g/mol. The Morgan fingerprint density at radius 3 is 1.60 bits per heavy atom. The lowest BCUT2D eigenvalue weighted by atomic mass is 9.99. The van der Waals surface area contributed by atoms with Gasteiger partial charge < -0.3 is 26.8 Å². The third kappa shape index (κ3) is 8.86. The molecule has 0 bridgehead atoms. The fourth-order valence-corrected chi connectivity index (χ4v) is 3.46. The monoisotopic (exact) mass is 482 g/mol. The summed E-state index contributed by atoms with van der Waals surface area (Å²) >= 11 is 0. The Bertz CT molecular complexity index is 995. The number of carbonyl (C=O) groups is 4. The van der Waals surface area contributed by atoms with Crippen LogP contribution in [-0.4, -0.2) is 53.0 Å². The summed E-state index contributed by atoms with van der Waals surface area (Å²) in [6, 6.07) is 14.1. The molecule has 0 aliphatic heterocycles. The van der Waals surface area contributed by atoms with Crippen LogP contribution in [-0.2, 0) is 32.0 Å². The normalized spacial score (nSPS) is 14.3. The van der Waals surface area contributed by atoms with Crippen LogP contribution in [0, 0.1) is 5.92 Å². The van der Waals surface area contributed by atoms with Crippen LogP contribution < -0.4 is 21.7 Å². The summed E-state index contributed by atoms with van der Waals surface area (Å²) in [5, 5.41) is 17.5. The molecule has 9 heteroatoms. The van der Waals surface area contributed by atoms with Gasteiger partial charge >= 0.3 is 5.97 Å². The molecule has 35 heavy (non-hydrogen) atoms. The van der Waals surface area contributed by atoms with Crippen LogP contribution in [0.15, 0.2) is 60.7 Å². The minimum atomic E-state index is -1.18. The molecule has 0 saturated heterocycles. The van der Waals surface area contributed by atoms with E-state index in [-0.39, 0.29) is 18.8 Å². The Kier molecular flexibility index (Phi) is 10.4. The first-order valence-electron chi connectivity index (χ1n) is 11.6. The maximum atomic E-state index is 13.2. The number of carbonyl (C=O) groups excluding carboxylic acids is 3. The van der Waals surface area contributed by atoms with Crippen LogP contribution in [0.2, 0.25) is 0 Å². The van der Waals surface area contributed by atoms with E-state index < -0.39 is 47.9 Å². The number of benzene rings is 2. The van der Waals surface area contributed by atoms with E-state index in [1.165, 1.54) is 6.92 Å². The van der Waals surface area contributed by atoms with Gasteiger partial charge in [-0.1, -0.05) is 74.5 Å². The maximum Gasteiger partial charge on any atom is 0.326 e. The van der Waals surface area contributed by atoms with Crippen molar-refractivity contribution < 1.29 is 24.3 Å². The number of amides is 3. The Morgan fingerprint density at radius 1 is 0.714 bits per heavy atom. The fourth-order valence-electron chi connectivity index (χ4n) is 3.46. The van der Waals surface area contributed by atoms with Gasteiger partial charge in [-0.15, -0.1) is 0 Å². The van der Waals surface area contributed by atoms with E-state index in [1.807, 2.05) is 36.4 Å². The van der Waals surface area contributed by atoms with Crippen LogP contribution in [0.3, 0.4) is 0 Å². The first-order chi connectivity index (χ1) is 16.6. The van der Waals surface area contributed by atoms with Crippen molar-refractivity contribution in [3.05, 3.63) is 71.8 Å². The summed E-state index contributed by atoms with van der Waals surface area (Å²) in [6.07, 6.45) is 0.297. The smallest absolute Gasteiger partial charge is 0.326 e. The van der Waals surface area contributed by atoms with Crippen LogP contribution in [0.4, 0.5) is 0 Å². The summed E-state index contributed by atoms with van der Waals surface area (Å²) in [4.78, 5) is 50.2. The second kappa shape index (κ2) is 13.2. The standard InChI is InChI=1S/C26H34N4O5/c1-16(2)22(25(33)29-21(26(34)35)15-19-12-8-5-9-13-19)30-24(32)20(28-23(31)17(3)27)14-18-10-6-4-7-11-18/h4-13,16-17,20-22H,14-15,27H2,1-3H3,(H,28,31)(H,29,33)(H,30,32)(H,34,35). The first-order valence-corrected chi connectivity index (χ1v) is 11.6. The van der Waals surface area contributed by atoms with E-state index in [0.29, 0.717) is 0 Å². The van der Waals surface area contributed by atoms with Crippen molar-refractivity contribution in [2.45, 2.75) is 57.8 Å². The van der Waals surface area contributed by atoms with Crippen molar-refractivity contribution in [1.82, 2.24) is 16.0 Å². The molecule has 188 valence electrons. The lowest BCUT2D eigenvalue weighted by Gasteiger charge is -2.27. The zero-order valence-electron chi connectivity index (χ0n) is 20.2. The summed E-state index contributed by atoms with van der Waals surface area (Å²) in [5.41, 5.74) is 7.23. The molecule has 4 unspecified atom stereocenters. The van der Waals surface area contributed by atoms with E-state index in [1.54, 1.807) is 38.1 Å². The molecule has 0 radical (unpaired) electrons. The summed E-state index contributed by atoms with van der Waals surface area (Å²) < 4.78 is 0. The molecule has 9 nitrogen and oxygen atoms in total. The molecule has 2 rings (SSSR count). The molecule has 2 aromatic carbocycles. The minimum absolute atomic E-state index is 0.0990. The Hall–Kier alpha value is -3.72. The van der Waals surface area contributed by atoms with E-state index in [0.717, 1.165) is 11.1 Å². The third-order valence-electron chi connectivity index (χ3n) is 5.47. The SMILES string of the molecule is CC(N)C(=O)NC(Cc1ccccc1)C(=O)NC(C(=O)NC(Cc1ccccc1)C(=O)O)C(C)C. The fraction of sp³-hybridized carbons (Fsp3) is 0.385. The van der Waals surface area contributed by atoms with Gasteiger partial charge in [-0.25, -0.2) is 4.79 Å². The van der Waals surface area contributed by atoms with Gasteiger partial charge in [0.15, 0.2) is 0 Å². The van der Waals surface area contributed by atoms with Gasteiger partial charge in [-0.05, 0) is 24.0 Å². The number of carboxylic acid groups (broad SMARTS) is 1. The van der Waals surface area contributed by atoms with Gasteiger partial charge in [-0.2, -0.15) is 0 Å². The molecule has 0 saturated carbocycles. The lowest BCUT2D eigenvalue weighted by molar-refractivity contribution is -0.142. The van der Waals surface area contributed by atoms with Crippen LogP contribution >= 0.6 is 0 Å². The number of rotatable bonds is 12. The molecule has 3 amide bonds. The summed E-state index contributed by atoms with van der Waals surface area (Å²) in [7, 11) is 0. The molecule has 0 fully saturated rings. The molecule has 0 aliphatic carbocycles. The zero-order valence-corrected chi connectivity index (χ0v) is 20.2. The van der Waals surface area contributed by atoms with E-state index >= 15 is 0 Å². The van der Waals surface area contributed by atoms with E-state index in [4.69, 9.17) is 5.73 Å². The molecular formula is C26H34N4O5. The maximum absolute atomic E-state index is 13.2. The first kappa shape index (κ1) is 27.5. The van der Waals surface area contributed by atoms with Gasteiger partial charge in [-0.3, -0.25) is 14.4 Å². The molecule has 0 aromatic heterocycles. The Labute approximate surface area is 205 Å². The highest BCUT2D eigenvalue weighted by Crippen LogP contribution is 2.09. The topological polar surface area (TPSA) is 151 Å². The second-order valence-corrected chi connectivity index (χ2v) is 8.86. The second-order valence-electron chi connectivity index (χ2n) is 8.86. The molecule has 6 N–H and O–H groups in total. The van der Waals surface area contributed by atoms with Gasteiger partial charge in [0.25, 0.3) is 0 Å². The number of aliphatic carboxylic acids is 1. The van der Waals surface area contributed by atoms with Crippen LogP contribution in [0.25, 0.3) is 0 Å². The minimum Gasteiger partial charge on any atom is -0.480 e. The molecule has 4 atom stereocenters. The predicted molar refractivity (Wildman–Crippen MR) is 132 cm³/mol. The third-order valence-corrected chi connectivity index (χ3v) is 5.47. The highest BCUT2D eigenvalue weighted by Gasteiger charge is 2.31. The predicted octanol–water partition coefficient (Wildman–Crippen LogP) is 1.01. The van der Waals surface area contributed by atoms with Gasteiger partial charge in [0.1, 0.15) is 18.1 Å². The van der Waals surface area contributed by atoms with Gasteiger partial charge in [0, 0.05) is 12.8 Å². The Morgan fingerprint density at radius 2 is 1.17 bits per heavy atom. The molecule has 0 spiro atoms. The lowest BCUT2D eigenvalue weighted by Crippen LogP contribution is -2.58. The van der Waals surface area contributed by atoms with E-state index in [9.17, 15) is 24.3 Å². The highest BCUT2D eigenvalue weighted by atomic mass is 16.4. The van der Waals surface area contributed by atoms with Gasteiger partial charge in [0.2, 0.25) is 17.7 Å². The zero-order chi connectivity index (χ0) is 26.0. The number of hydrogen-bond acceptors (Lipinski definition) is 5. The average Bonchev–Trinajstić information content (AvgIpc) is 2.82. The number of carboxylic acids is 1. The van der Waals surface area contributed by atoms with Crippen molar-refractivity contribution in [1.29, 1.82) is 0 Å². The molecule has 2 aromatic rings. The molecular weight excluding hydrogens is 448 g/mol. The number of nitrogens with two attached hydrogens (primary N) is 1. The van der Waals surface area contributed by atoms with Crippen molar-refractivity contribution in [2.24, 2.45) is 11.7 Å². The number of nitrogens with one attached hydrogen (secondary N) is 3. The molecule has 0 heterocycles. The van der Waals surface area contributed by atoms with Crippen LogP contribution in [0.5, 0.6) is 0 Å². The van der Waals surface area contributed by atoms with Crippen molar-refractivity contribution >= 4 is 23.7 Å². The largest absolute Gasteiger partial charge is 0.480 e. The Balaban J connectivity index is 2.16. The van der Waals surface area contributed by atoms with Crippen molar-refractivity contribution in [3.8, 4) is 0 Å². The molecule has 0 aliphatic rings. The van der Waals surface area contributed by atoms with E-state index in [2.05, 4.69) is 16.0 Å². The summed E-state index contributed by atoms with van der Waals surface area (Å²) in [5.74, 6) is -3.20. The van der Waals surface area contributed by atoms with Crippen molar-refractivity contribution in [3.63, 3.8) is 0 Å². The van der Waals surface area contributed by atoms with Crippen LogP contribution in [0.1, 0.15) is 31.9 Å². The quantitative estimate of drug-likeness (QED) is 0.305. The van der Waals surface area contributed by atoms with Gasteiger partial charge in [0.05, 0.1) is 6.04 Å². The number of hydrogen-bond donors (Lipinski definition) is 5. The van der Waals surface area contributed by atoms with Crippen molar-refractivity contribution in [2.75, 3.05) is 0 Å². The summed E-state index contributed by atoms with van der Waals surface area (Å²) in [6.45, 7) is 4.99. The highest BCUT2D eigenvalue weighted by molar-refractivity contribution is 5.94.